The number of hydrogen-bond donors (Lipinski definition) is 0. The van der Waals surface area contributed by atoms with E-state index in [9.17, 15) is 10.1 Å². The third kappa shape index (κ3) is 3.01. The molecular formula is C15H9BrN2O2S. The van der Waals surface area contributed by atoms with Crippen LogP contribution in [0.4, 0.5) is 5.69 Å². The van der Waals surface area contributed by atoms with E-state index in [0.29, 0.717) is 0 Å². The Balaban J connectivity index is 1.98. The molecule has 0 saturated heterocycles. The first-order valence-electron chi connectivity index (χ1n) is 6.10. The molecule has 0 aliphatic rings. The normalized spacial score (nSPS) is 10.5. The van der Waals surface area contributed by atoms with E-state index in [1.54, 1.807) is 12.1 Å². The van der Waals surface area contributed by atoms with Gasteiger partial charge in [-0.15, -0.1) is 11.3 Å². The Labute approximate surface area is 133 Å². The Morgan fingerprint density at radius 1 is 1.10 bits per heavy atom. The number of hydrogen-bond acceptors (Lipinski definition) is 4. The Morgan fingerprint density at radius 3 is 2.62 bits per heavy atom. The predicted octanol–water partition coefficient (Wildman–Crippen LogP) is 5.15. The number of benzene rings is 2. The first-order valence-corrected chi connectivity index (χ1v) is 7.77. The quantitative estimate of drug-likeness (QED) is 0.479. The zero-order chi connectivity index (χ0) is 14.8. The molecule has 0 radical (unpaired) electrons. The van der Waals surface area contributed by atoms with Gasteiger partial charge in [0.25, 0.3) is 5.69 Å². The first-order chi connectivity index (χ1) is 10.1. The number of aromatic nitrogens is 1. The van der Waals surface area contributed by atoms with E-state index < -0.39 is 4.92 Å². The smallest absolute Gasteiger partial charge is 0.258 e. The van der Waals surface area contributed by atoms with Gasteiger partial charge >= 0.3 is 0 Å². The fourth-order valence-corrected chi connectivity index (χ4v) is 3.16. The lowest BCUT2D eigenvalue weighted by Crippen LogP contribution is -1.88. The molecule has 0 saturated carbocycles. The number of nitro groups is 1. The summed E-state index contributed by atoms with van der Waals surface area (Å²) in [7, 11) is 0. The van der Waals surface area contributed by atoms with Gasteiger partial charge in [0.2, 0.25) is 0 Å². The molecule has 0 N–H and O–H groups in total. The van der Waals surface area contributed by atoms with Gasteiger partial charge in [-0.2, -0.15) is 0 Å². The largest absolute Gasteiger partial charge is 0.270 e. The van der Waals surface area contributed by atoms with Crippen LogP contribution in [0.25, 0.3) is 21.8 Å². The van der Waals surface area contributed by atoms with E-state index in [1.807, 2.05) is 35.7 Å². The summed E-state index contributed by atoms with van der Waals surface area (Å²) in [6, 6.07) is 14.4. The molecule has 0 aliphatic heterocycles. The molecule has 1 heterocycles. The van der Waals surface area contributed by atoms with Crippen LogP contribution in [-0.2, 0) is 0 Å². The summed E-state index contributed by atoms with van der Waals surface area (Å²) in [6.45, 7) is 0. The summed E-state index contributed by atoms with van der Waals surface area (Å²) in [5, 5.41) is 13.6. The molecule has 4 nitrogen and oxygen atoms in total. The summed E-state index contributed by atoms with van der Waals surface area (Å²) in [5.74, 6) is 0. The van der Waals surface area contributed by atoms with Crippen LogP contribution in [-0.4, -0.2) is 9.91 Å². The molecule has 3 aromatic rings. The van der Waals surface area contributed by atoms with Crippen molar-refractivity contribution < 1.29 is 4.92 Å². The van der Waals surface area contributed by atoms with Crippen LogP contribution in [0.2, 0.25) is 0 Å². The van der Waals surface area contributed by atoms with Gasteiger partial charge in [0.15, 0.2) is 0 Å². The van der Waals surface area contributed by atoms with E-state index in [0.717, 1.165) is 26.3 Å². The van der Waals surface area contributed by atoms with Crippen LogP contribution >= 0.6 is 27.3 Å². The van der Waals surface area contributed by atoms with Crippen LogP contribution in [0, 0.1) is 10.1 Å². The number of halogens is 1. The van der Waals surface area contributed by atoms with Crippen molar-refractivity contribution in [3.05, 3.63) is 68.5 Å². The van der Waals surface area contributed by atoms with Gasteiger partial charge in [0.1, 0.15) is 5.01 Å². The van der Waals surface area contributed by atoms with E-state index in [4.69, 9.17) is 0 Å². The number of non-ortho nitro benzene ring substituents is 1. The molecule has 0 atom stereocenters. The zero-order valence-electron chi connectivity index (χ0n) is 10.7. The summed E-state index contributed by atoms with van der Waals surface area (Å²) in [6.07, 6.45) is 0. The Morgan fingerprint density at radius 2 is 1.86 bits per heavy atom. The lowest BCUT2D eigenvalue weighted by atomic mass is 10.1. The van der Waals surface area contributed by atoms with Crippen LogP contribution in [0.15, 0.2) is 58.4 Å². The third-order valence-electron chi connectivity index (χ3n) is 2.93. The number of thiazole rings is 1. The maximum absolute atomic E-state index is 10.8. The molecule has 0 bridgehead atoms. The van der Waals surface area contributed by atoms with Crippen molar-refractivity contribution >= 4 is 33.0 Å². The molecular weight excluding hydrogens is 352 g/mol. The van der Waals surface area contributed by atoms with Crippen molar-refractivity contribution in [2.24, 2.45) is 0 Å². The monoisotopic (exact) mass is 360 g/mol. The number of nitrogens with zero attached hydrogens (tertiary/aromatic N) is 2. The summed E-state index contributed by atoms with van der Waals surface area (Å²) in [4.78, 5) is 15.0. The Bertz CT molecular complexity index is 817. The second-order valence-corrected chi connectivity index (χ2v) is 6.13. The molecule has 1 aromatic heterocycles. The highest BCUT2D eigenvalue weighted by molar-refractivity contribution is 9.10. The fraction of sp³-hybridized carbons (Fsp3) is 0. The molecule has 104 valence electrons. The second kappa shape index (κ2) is 5.75. The maximum Gasteiger partial charge on any atom is 0.270 e. The molecule has 0 fully saturated rings. The fourth-order valence-electron chi connectivity index (χ4n) is 1.94. The van der Waals surface area contributed by atoms with Crippen molar-refractivity contribution in [1.29, 1.82) is 0 Å². The zero-order valence-corrected chi connectivity index (χ0v) is 13.1. The molecule has 21 heavy (non-hydrogen) atoms. The van der Waals surface area contributed by atoms with E-state index in [2.05, 4.69) is 20.9 Å². The molecule has 6 heteroatoms. The molecule has 0 unspecified atom stereocenters. The lowest BCUT2D eigenvalue weighted by molar-refractivity contribution is -0.384. The van der Waals surface area contributed by atoms with Gasteiger partial charge < -0.3 is 0 Å². The van der Waals surface area contributed by atoms with Crippen molar-refractivity contribution in [3.8, 4) is 21.8 Å². The summed E-state index contributed by atoms with van der Waals surface area (Å²) < 4.78 is 0.993. The highest BCUT2D eigenvalue weighted by Crippen LogP contribution is 2.31. The molecule has 0 spiro atoms. The number of rotatable bonds is 3. The van der Waals surface area contributed by atoms with Gasteiger partial charge in [-0.3, -0.25) is 10.1 Å². The summed E-state index contributed by atoms with van der Waals surface area (Å²) in [5.41, 5.74) is 2.59. The topological polar surface area (TPSA) is 56.0 Å². The van der Waals surface area contributed by atoms with Crippen LogP contribution in [0.3, 0.4) is 0 Å². The van der Waals surface area contributed by atoms with Crippen molar-refractivity contribution in [1.82, 2.24) is 4.98 Å². The van der Waals surface area contributed by atoms with Crippen LogP contribution in [0.5, 0.6) is 0 Å². The minimum Gasteiger partial charge on any atom is -0.258 e. The summed E-state index contributed by atoms with van der Waals surface area (Å²) >= 11 is 4.96. The third-order valence-corrected chi connectivity index (χ3v) is 4.31. The van der Waals surface area contributed by atoms with Gasteiger partial charge in [-0.1, -0.05) is 40.2 Å². The first kappa shape index (κ1) is 13.9. The van der Waals surface area contributed by atoms with Crippen LogP contribution in [0.1, 0.15) is 0 Å². The standard InChI is InChI=1S/C15H9BrN2O2S/c16-12-5-1-4-11(7-12)15-17-14(9-21-15)10-3-2-6-13(8-10)18(19)20/h1-9H. The van der Waals surface area contributed by atoms with Crippen molar-refractivity contribution in [3.63, 3.8) is 0 Å². The Hall–Kier alpha value is -2.05. The van der Waals surface area contributed by atoms with Gasteiger partial charge in [-0.25, -0.2) is 4.98 Å². The predicted molar refractivity (Wildman–Crippen MR) is 87.3 cm³/mol. The molecule has 2 aromatic carbocycles. The van der Waals surface area contributed by atoms with E-state index >= 15 is 0 Å². The second-order valence-electron chi connectivity index (χ2n) is 4.36. The van der Waals surface area contributed by atoms with Crippen LogP contribution < -0.4 is 0 Å². The van der Waals surface area contributed by atoms with Gasteiger partial charge in [-0.05, 0) is 12.1 Å². The highest BCUT2D eigenvalue weighted by Gasteiger charge is 2.10. The lowest BCUT2D eigenvalue weighted by Gasteiger charge is -1.98. The van der Waals surface area contributed by atoms with Crippen molar-refractivity contribution in [2.45, 2.75) is 0 Å². The average molecular weight is 361 g/mol. The van der Waals surface area contributed by atoms with Crippen molar-refractivity contribution in [2.75, 3.05) is 0 Å². The number of nitro benzene ring substituents is 1. The maximum atomic E-state index is 10.8. The van der Waals surface area contributed by atoms with Gasteiger partial charge in [0.05, 0.1) is 10.6 Å². The van der Waals surface area contributed by atoms with E-state index in [-0.39, 0.29) is 5.69 Å². The van der Waals surface area contributed by atoms with Gasteiger partial charge in [0, 0.05) is 33.1 Å². The molecule has 0 amide bonds. The minimum absolute atomic E-state index is 0.0736. The highest BCUT2D eigenvalue weighted by atomic mass is 79.9. The minimum atomic E-state index is -0.398. The molecule has 0 aliphatic carbocycles. The van der Waals surface area contributed by atoms with E-state index in [1.165, 1.54) is 17.4 Å². The average Bonchev–Trinajstić information content (AvgIpc) is 2.97. The SMILES string of the molecule is O=[N+]([O-])c1cccc(-c2csc(-c3cccc(Br)c3)n2)c1. The Kier molecular flexibility index (Phi) is 3.81. The molecule has 3 rings (SSSR count).